The molecule has 5 nitrogen and oxygen atoms in total. The van der Waals surface area contributed by atoms with Crippen molar-refractivity contribution in [3.8, 4) is 0 Å². The monoisotopic (exact) mass is 227 g/mol. The van der Waals surface area contributed by atoms with Gasteiger partial charge in [0, 0.05) is 12.8 Å². The second-order valence-electron chi connectivity index (χ2n) is 4.84. The highest BCUT2D eigenvalue weighted by Crippen LogP contribution is 2.28. The van der Waals surface area contributed by atoms with E-state index in [0.717, 1.165) is 0 Å². The molecule has 0 N–H and O–H groups in total. The Kier molecular flexibility index (Phi) is 3.35. The molecule has 0 saturated carbocycles. The van der Waals surface area contributed by atoms with Gasteiger partial charge >= 0.3 is 5.97 Å². The number of carbonyl (C=O) groups excluding carboxylic acids is 3. The van der Waals surface area contributed by atoms with Gasteiger partial charge in [-0.1, -0.05) is 13.8 Å². The molecule has 0 aliphatic carbocycles. The second-order valence-corrected chi connectivity index (χ2v) is 4.84. The maximum atomic E-state index is 11.8. The number of hydrogen-bond donors (Lipinski definition) is 0. The quantitative estimate of drug-likeness (QED) is 0.681. The van der Waals surface area contributed by atoms with Gasteiger partial charge in [0.05, 0.1) is 5.41 Å². The van der Waals surface area contributed by atoms with Crippen LogP contribution in [0.3, 0.4) is 0 Å². The molecule has 0 aromatic carbocycles. The standard InChI is InChI=1S/C11H17NO4/c1-7(2)11(3,4)10(15)16-12-8(13)5-6-9(12)14/h7H,5-6H2,1-4H3. The summed E-state index contributed by atoms with van der Waals surface area (Å²) in [5, 5.41) is 0.590. The van der Waals surface area contributed by atoms with E-state index in [9.17, 15) is 14.4 Å². The lowest BCUT2D eigenvalue weighted by atomic mass is 9.81. The van der Waals surface area contributed by atoms with Gasteiger partial charge in [-0.15, -0.1) is 5.06 Å². The van der Waals surface area contributed by atoms with Gasteiger partial charge in [-0.05, 0) is 19.8 Å². The Labute approximate surface area is 94.7 Å². The first-order valence-corrected chi connectivity index (χ1v) is 5.35. The Balaban J connectivity index is 2.71. The largest absolute Gasteiger partial charge is 0.338 e. The Morgan fingerprint density at radius 1 is 1.25 bits per heavy atom. The van der Waals surface area contributed by atoms with Crippen LogP contribution < -0.4 is 0 Å². The van der Waals surface area contributed by atoms with Crippen molar-refractivity contribution in [2.75, 3.05) is 0 Å². The first kappa shape index (κ1) is 12.7. The Bertz CT molecular complexity index is 317. The summed E-state index contributed by atoms with van der Waals surface area (Å²) in [6, 6.07) is 0. The van der Waals surface area contributed by atoms with Crippen LogP contribution in [0.4, 0.5) is 0 Å². The van der Waals surface area contributed by atoms with E-state index in [4.69, 9.17) is 4.84 Å². The lowest BCUT2D eigenvalue weighted by Gasteiger charge is -2.27. The van der Waals surface area contributed by atoms with Gasteiger partial charge in [0.15, 0.2) is 0 Å². The predicted octanol–water partition coefficient (Wildman–Crippen LogP) is 1.28. The molecule has 0 aromatic heterocycles. The molecule has 90 valence electrons. The van der Waals surface area contributed by atoms with Gasteiger partial charge in [0.25, 0.3) is 11.8 Å². The molecule has 1 aliphatic rings. The van der Waals surface area contributed by atoms with Crippen LogP contribution >= 0.6 is 0 Å². The van der Waals surface area contributed by atoms with Crippen molar-refractivity contribution in [3.05, 3.63) is 0 Å². The minimum absolute atomic E-state index is 0.0628. The van der Waals surface area contributed by atoms with E-state index in [0.29, 0.717) is 5.06 Å². The number of hydroxylamine groups is 2. The van der Waals surface area contributed by atoms with Gasteiger partial charge in [-0.25, -0.2) is 4.79 Å². The fourth-order valence-corrected chi connectivity index (χ4v) is 1.09. The molecule has 1 heterocycles. The molecular formula is C11H17NO4. The van der Waals surface area contributed by atoms with E-state index < -0.39 is 23.2 Å². The van der Waals surface area contributed by atoms with Crippen molar-refractivity contribution in [1.29, 1.82) is 0 Å². The summed E-state index contributed by atoms with van der Waals surface area (Å²) < 4.78 is 0. The maximum absolute atomic E-state index is 11.8. The van der Waals surface area contributed by atoms with Gasteiger partial charge in [-0.2, -0.15) is 0 Å². The fourth-order valence-electron chi connectivity index (χ4n) is 1.09. The van der Waals surface area contributed by atoms with Crippen molar-refractivity contribution >= 4 is 17.8 Å². The van der Waals surface area contributed by atoms with E-state index in [1.54, 1.807) is 13.8 Å². The molecule has 0 unspecified atom stereocenters. The maximum Gasteiger partial charge on any atom is 0.338 e. The fraction of sp³-hybridized carbons (Fsp3) is 0.727. The van der Waals surface area contributed by atoms with Crippen LogP contribution in [0.25, 0.3) is 0 Å². The molecule has 0 spiro atoms. The molecule has 5 heteroatoms. The zero-order valence-corrected chi connectivity index (χ0v) is 10.1. The molecule has 1 fully saturated rings. The van der Waals surface area contributed by atoms with Gasteiger partial charge in [-0.3, -0.25) is 9.59 Å². The summed E-state index contributed by atoms with van der Waals surface area (Å²) in [6.07, 6.45) is 0.239. The molecule has 2 amide bonds. The summed E-state index contributed by atoms with van der Waals surface area (Å²) in [7, 11) is 0. The summed E-state index contributed by atoms with van der Waals surface area (Å²) >= 11 is 0. The highest BCUT2D eigenvalue weighted by atomic mass is 16.7. The minimum Gasteiger partial charge on any atom is -0.330 e. The molecule has 1 rings (SSSR count). The van der Waals surface area contributed by atoms with Crippen LogP contribution in [0, 0.1) is 11.3 Å². The van der Waals surface area contributed by atoms with Gasteiger partial charge < -0.3 is 4.84 Å². The van der Waals surface area contributed by atoms with Gasteiger partial charge in [0.1, 0.15) is 0 Å². The van der Waals surface area contributed by atoms with Crippen LogP contribution in [0.5, 0.6) is 0 Å². The van der Waals surface area contributed by atoms with E-state index in [1.807, 2.05) is 13.8 Å². The van der Waals surface area contributed by atoms with Crippen LogP contribution in [-0.2, 0) is 19.2 Å². The molecular weight excluding hydrogens is 210 g/mol. The second kappa shape index (κ2) is 4.23. The summed E-state index contributed by atoms with van der Waals surface area (Å²) in [5.41, 5.74) is -0.719. The number of hydrogen-bond acceptors (Lipinski definition) is 4. The normalized spacial score (nSPS) is 17.2. The molecule has 0 atom stereocenters. The molecule has 1 aliphatic heterocycles. The van der Waals surface area contributed by atoms with Crippen molar-refractivity contribution in [2.45, 2.75) is 40.5 Å². The van der Waals surface area contributed by atoms with Crippen LogP contribution in [0.2, 0.25) is 0 Å². The van der Waals surface area contributed by atoms with E-state index in [2.05, 4.69) is 0 Å². The number of nitrogens with zero attached hydrogens (tertiary/aromatic N) is 1. The van der Waals surface area contributed by atoms with Crippen molar-refractivity contribution in [3.63, 3.8) is 0 Å². The molecule has 0 aromatic rings. The van der Waals surface area contributed by atoms with E-state index in [-0.39, 0.29) is 18.8 Å². The Morgan fingerprint density at radius 3 is 2.06 bits per heavy atom. The number of carbonyl (C=O) groups is 3. The highest BCUT2D eigenvalue weighted by Gasteiger charge is 2.39. The number of rotatable bonds is 3. The third-order valence-electron chi connectivity index (χ3n) is 3.15. The topological polar surface area (TPSA) is 63.7 Å². The molecule has 16 heavy (non-hydrogen) atoms. The molecule has 0 bridgehead atoms. The number of amides is 2. The van der Waals surface area contributed by atoms with Crippen molar-refractivity contribution in [2.24, 2.45) is 11.3 Å². The lowest BCUT2D eigenvalue weighted by Crippen LogP contribution is -2.39. The van der Waals surface area contributed by atoms with Crippen LogP contribution in [-0.4, -0.2) is 22.8 Å². The third-order valence-corrected chi connectivity index (χ3v) is 3.15. The molecule has 1 saturated heterocycles. The molecule has 0 radical (unpaired) electrons. The van der Waals surface area contributed by atoms with Crippen LogP contribution in [0.15, 0.2) is 0 Å². The third kappa shape index (κ3) is 2.23. The number of imide groups is 1. The van der Waals surface area contributed by atoms with Crippen LogP contribution in [0.1, 0.15) is 40.5 Å². The lowest BCUT2D eigenvalue weighted by molar-refractivity contribution is -0.205. The first-order chi connectivity index (χ1) is 7.26. The zero-order valence-electron chi connectivity index (χ0n) is 10.1. The smallest absolute Gasteiger partial charge is 0.330 e. The van der Waals surface area contributed by atoms with E-state index in [1.165, 1.54) is 0 Å². The highest BCUT2D eigenvalue weighted by molar-refractivity contribution is 6.01. The zero-order chi connectivity index (χ0) is 12.5. The predicted molar refractivity (Wildman–Crippen MR) is 55.8 cm³/mol. The average molecular weight is 227 g/mol. The summed E-state index contributed by atoms with van der Waals surface area (Å²) in [4.78, 5) is 39.1. The van der Waals surface area contributed by atoms with E-state index >= 15 is 0 Å². The minimum atomic E-state index is -0.719. The summed E-state index contributed by atoms with van der Waals surface area (Å²) in [5.74, 6) is -1.38. The Hall–Kier alpha value is -1.39. The van der Waals surface area contributed by atoms with Crippen molar-refractivity contribution in [1.82, 2.24) is 5.06 Å². The Morgan fingerprint density at radius 2 is 1.69 bits per heavy atom. The summed E-state index contributed by atoms with van der Waals surface area (Å²) in [6.45, 7) is 7.22. The first-order valence-electron chi connectivity index (χ1n) is 5.35. The van der Waals surface area contributed by atoms with Crippen molar-refractivity contribution < 1.29 is 19.2 Å². The average Bonchev–Trinajstić information content (AvgIpc) is 2.49. The SMILES string of the molecule is CC(C)C(C)(C)C(=O)ON1C(=O)CCC1=O. The van der Waals surface area contributed by atoms with Gasteiger partial charge in [0.2, 0.25) is 0 Å².